The molecule has 2 heterocycles. The third-order valence-electron chi connectivity index (χ3n) is 4.20. The van der Waals surface area contributed by atoms with Gasteiger partial charge < -0.3 is 4.74 Å². The van der Waals surface area contributed by atoms with E-state index in [2.05, 4.69) is 45.2 Å². The quantitative estimate of drug-likeness (QED) is 0.390. The molecule has 0 radical (unpaired) electrons. The zero-order valence-corrected chi connectivity index (χ0v) is 16.2. The molecule has 0 aliphatic rings. The number of imidazole rings is 1. The number of carbonyl (C=O) groups is 1. The lowest BCUT2D eigenvalue weighted by atomic mass is 10.1. The number of ether oxygens (including phenoxy) is 1. The zero-order chi connectivity index (χ0) is 18.3. The number of halogens is 2. The van der Waals surface area contributed by atoms with E-state index in [4.69, 9.17) is 16.3 Å². The van der Waals surface area contributed by atoms with Crippen molar-refractivity contribution in [3.63, 3.8) is 0 Å². The minimum Gasteiger partial charge on any atom is -0.462 e. The Morgan fingerprint density at radius 1 is 1.19 bits per heavy atom. The number of aromatic nitrogens is 2. The van der Waals surface area contributed by atoms with E-state index in [-0.39, 0.29) is 6.61 Å². The summed E-state index contributed by atoms with van der Waals surface area (Å²) in [5.74, 6) is 0.258. The molecule has 2 aromatic heterocycles. The molecule has 4 rings (SSSR count). The molecule has 0 N–H and O–H groups in total. The Bertz CT molecular complexity index is 1150. The SMILES string of the molecule is CCOC(=O)c1c(Cl)ccn2c(-c3ccc4ccccc4c3)nc(Br)c12. The normalized spacial score (nSPS) is 11.2. The molecule has 0 saturated carbocycles. The van der Waals surface area contributed by atoms with Crippen LogP contribution in [0.2, 0.25) is 5.02 Å². The van der Waals surface area contributed by atoms with Gasteiger partial charge in [0, 0.05) is 11.8 Å². The van der Waals surface area contributed by atoms with E-state index < -0.39 is 5.97 Å². The Morgan fingerprint density at radius 2 is 1.96 bits per heavy atom. The summed E-state index contributed by atoms with van der Waals surface area (Å²) in [6.07, 6.45) is 1.81. The first-order valence-corrected chi connectivity index (χ1v) is 9.29. The Balaban J connectivity index is 1.96. The van der Waals surface area contributed by atoms with Crippen LogP contribution >= 0.6 is 27.5 Å². The van der Waals surface area contributed by atoms with Gasteiger partial charge in [0.25, 0.3) is 0 Å². The van der Waals surface area contributed by atoms with Crippen LogP contribution in [0.15, 0.2) is 59.3 Å². The standard InChI is InChI=1S/C20H14BrClN2O2/c1-2-26-20(25)16-15(22)9-10-24-17(16)18(21)23-19(24)14-8-7-12-5-3-4-6-13(12)11-14/h3-11H,2H2,1H3. The van der Waals surface area contributed by atoms with Gasteiger partial charge in [-0.05, 0) is 45.8 Å². The number of pyridine rings is 1. The Morgan fingerprint density at radius 3 is 2.73 bits per heavy atom. The van der Waals surface area contributed by atoms with E-state index in [1.54, 1.807) is 13.0 Å². The number of carbonyl (C=O) groups excluding carboxylic acids is 1. The van der Waals surface area contributed by atoms with E-state index in [9.17, 15) is 4.79 Å². The van der Waals surface area contributed by atoms with Crippen molar-refractivity contribution >= 4 is 49.8 Å². The maximum atomic E-state index is 12.4. The Kier molecular flexibility index (Phi) is 4.42. The summed E-state index contributed by atoms with van der Waals surface area (Å²) in [5.41, 5.74) is 1.85. The molecule has 0 aliphatic heterocycles. The van der Waals surface area contributed by atoms with Crippen molar-refractivity contribution in [2.75, 3.05) is 6.61 Å². The molecule has 0 saturated heterocycles. The molecule has 6 heteroatoms. The van der Waals surface area contributed by atoms with Crippen molar-refractivity contribution < 1.29 is 9.53 Å². The van der Waals surface area contributed by atoms with Gasteiger partial charge in [0.2, 0.25) is 0 Å². The van der Waals surface area contributed by atoms with Crippen molar-refractivity contribution in [3.05, 3.63) is 69.9 Å². The Hall–Kier alpha value is -2.37. The van der Waals surface area contributed by atoms with E-state index in [0.717, 1.165) is 22.2 Å². The van der Waals surface area contributed by atoms with Gasteiger partial charge in [0.1, 0.15) is 16.0 Å². The summed E-state index contributed by atoms with van der Waals surface area (Å²) < 4.78 is 7.56. The van der Waals surface area contributed by atoms with Gasteiger partial charge in [-0.15, -0.1) is 0 Å². The number of rotatable bonds is 3. The first kappa shape index (κ1) is 17.1. The smallest absolute Gasteiger partial charge is 0.341 e. The average Bonchev–Trinajstić information content (AvgIpc) is 2.98. The third-order valence-corrected chi connectivity index (χ3v) is 5.07. The number of fused-ring (bicyclic) bond motifs is 2. The van der Waals surface area contributed by atoms with Crippen LogP contribution in [0.1, 0.15) is 17.3 Å². The summed E-state index contributed by atoms with van der Waals surface area (Å²) in [7, 11) is 0. The average molecular weight is 430 g/mol. The van der Waals surface area contributed by atoms with E-state index in [1.165, 1.54) is 0 Å². The van der Waals surface area contributed by atoms with E-state index in [1.807, 2.05) is 28.8 Å². The maximum absolute atomic E-state index is 12.4. The lowest BCUT2D eigenvalue weighted by molar-refractivity contribution is 0.0528. The van der Waals surface area contributed by atoms with Gasteiger partial charge in [-0.3, -0.25) is 4.40 Å². The molecule has 0 aliphatic carbocycles. The van der Waals surface area contributed by atoms with Gasteiger partial charge in [-0.25, -0.2) is 9.78 Å². The highest BCUT2D eigenvalue weighted by atomic mass is 79.9. The minimum absolute atomic E-state index is 0.277. The van der Waals surface area contributed by atoms with Gasteiger partial charge in [0.15, 0.2) is 0 Å². The lowest BCUT2D eigenvalue weighted by Crippen LogP contribution is -2.08. The second-order valence-corrected chi connectivity index (χ2v) is 6.92. The predicted octanol–water partition coefficient (Wildman–Crippen LogP) is 5.75. The van der Waals surface area contributed by atoms with Crippen LogP contribution in [0.5, 0.6) is 0 Å². The summed E-state index contributed by atoms with van der Waals surface area (Å²) in [5, 5.41) is 2.62. The molecule has 0 atom stereocenters. The number of esters is 1. The van der Waals surface area contributed by atoms with E-state index in [0.29, 0.717) is 20.7 Å². The molecule has 26 heavy (non-hydrogen) atoms. The van der Waals surface area contributed by atoms with Crippen molar-refractivity contribution in [1.29, 1.82) is 0 Å². The fourth-order valence-corrected chi connectivity index (χ4v) is 3.82. The highest BCUT2D eigenvalue weighted by molar-refractivity contribution is 9.10. The van der Waals surface area contributed by atoms with Crippen LogP contribution in [0.25, 0.3) is 27.7 Å². The van der Waals surface area contributed by atoms with Gasteiger partial charge in [0.05, 0.1) is 17.1 Å². The molecular formula is C20H14BrClN2O2. The van der Waals surface area contributed by atoms with Crippen molar-refractivity contribution in [3.8, 4) is 11.4 Å². The highest BCUT2D eigenvalue weighted by Crippen LogP contribution is 2.33. The monoisotopic (exact) mass is 428 g/mol. The van der Waals surface area contributed by atoms with Crippen LogP contribution in [-0.4, -0.2) is 22.0 Å². The molecule has 2 aromatic carbocycles. The summed E-state index contributed by atoms with van der Waals surface area (Å²) in [6, 6.07) is 16.0. The van der Waals surface area contributed by atoms with Crippen molar-refractivity contribution in [2.45, 2.75) is 6.92 Å². The predicted molar refractivity (Wildman–Crippen MR) is 107 cm³/mol. The zero-order valence-electron chi connectivity index (χ0n) is 13.9. The minimum atomic E-state index is -0.464. The number of hydrogen-bond donors (Lipinski definition) is 0. The molecule has 4 nitrogen and oxygen atoms in total. The molecule has 0 spiro atoms. The van der Waals surface area contributed by atoms with Crippen molar-refractivity contribution in [2.24, 2.45) is 0 Å². The molecular weight excluding hydrogens is 416 g/mol. The highest BCUT2D eigenvalue weighted by Gasteiger charge is 2.22. The third kappa shape index (κ3) is 2.77. The first-order chi connectivity index (χ1) is 12.6. The summed E-state index contributed by atoms with van der Waals surface area (Å²) in [4.78, 5) is 17.0. The summed E-state index contributed by atoms with van der Waals surface area (Å²) >= 11 is 9.75. The van der Waals surface area contributed by atoms with Crippen LogP contribution in [0.4, 0.5) is 0 Å². The fourth-order valence-electron chi connectivity index (χ4n) is 3.04. The fraction of sp³-hybridized carbons (Fsp3) is 0.100. The largest absolute Gasteiger partial charge is 0.462 e. The lowest BCUT2D eigenvalue weighted by Gasteiger charge is -2.08. The number of nitrogens with zero attached hydrogens (tertiary/aromatic N) is 2. The maximum Gasteiger partial charge on any atom is 0.341 e. The molecule has 4 aromatic rings. The molecule has 0 bridgehead atoms. The molecule has 0 amide bonds. The van der Waals surface area contributed by atoms with Gasteiger partial charge in [-0.1, -0.05) is 48.0 Å². The molecule has 0 unspecified atom stereocenters. The van der Waals surface area contributed by atoms with Crippen LogP contribution in [-0.2, 0) is 4.74 Å². The first-order valence-electron chi connectivity index (χ1n) is 8.12. The molecule has 130 valence electrons. The molecule has 0 fully saturated rings. The van der Waals surface area contributed by atoms with Crippen LogP contribution < -0.4 is 0 Å². The number of hydrogen-bond acceptors (Lipinski definition) is 3. The van der Waals surface area contributed by atoms with Crippen molar-refractivity contribution in [1.82, 2.24) is 9.38 Å². The van der Waals surface area contributed by atoms with Gasteiger partial charge in [-0.2, -0.15) is 0 Å². The second-order valence-electron chi connectivity index (χ2n) is 5.77. The topological polar surface area (TPSA) is 43.6 Å². The Labute approximate surface area is 163 Å². The van der Waals surface area contributed by atoms with Crippen LogP contribution in [0, 0.1) is 0 Å². The summed E-state index contributed by atoms with van der Waals surface area (Å²) in [6.45, 7) is 2.04. The number of benzene rings is 2. The second kappa shape index (κ2) is 6.74. The van der Waals surface area contributed by atoms with Crippen LogP contribution in [0.3, 0.4) is 0 Å². The van der Waals surface area contributed by atoms with Gasteiger partial charge >= 0.3 is 5.97 Å². The van der Waals surface area contributed by atoms with E-state index >= 15 is 0 Å².